The van der Waals surface area contributed by atoms with Crippen molar-refractivity contribution < 1.29 is 23.1 Å². The van der Waals surface area contributed by atoms with E-state index in [0.717, 1.165) is 17.5 Å². The Balaban J connectivity index is 1.79. The molecule has 1 aliphatic heterocycles. The van der Waals surface area contributed by atoms with Crippen molar-refractivity contribution in [3.63, 3.8) is 0 Å². The molecule has 1 fully saturated rings. The zero-order valence-corrected chi connectivity index (χ0v) is 16.2. The molecule has 0 spiro atoms. The molecule has 1 N–H and O–H groups in total. The lowest BCUT2D eigenvalue weighted by Gasteiger charge is -2.36. The molecule has 1 saturated heterocycles. The third kappa shape index (κ3) is 3.87. The van der Waals surface area contributed by atoms with Crippen LogP contribution < -0.4 is 9.64 Å². The van der Waals surface area contributed by atoms with Crippen molar-refractivity contribution in [3.05, 3.63) is 53.1 Å². The van der Waals surface area contributed by atoms with Gasteiger partial charge in [-0.25, -0.2) is 13.2 Å². The Hall–Kier alpha value is -2.29. The molecule has 0 amide bonds. The van der Waals surface area contributed by atoms with Crippen LogP contribution in [0.3, 0.4) is 0 Å². The number of benzene rings is 2. The van der Waals surface area contributed by atoms with Crippen LogP contribution in [0.15, 0.2) is 47.4 Å². The molecule has 3 rings (SSSR count). The van der Waals surface area contributed by atoms with Gasteiger partial charge in [0.05, 0.1) is 28.3 Å². The van der Waals surface area contributed by atoms with Crippen LogP contribution in [-0.4, -0.2) is 57.1 Å². The minimum Gasteiger partial charge on any atom is -0.495 e. The molecule has 2 aromatic carbocycles. The van der Waals surface area contributed by atoms with Crippen LogP contribution in [-0.2, 0) is 10.0 Å². The van der Waals surface area contributed by atoms with Crippen molar-refractivity contribution in [3.8, 4) is 5.75 Å². The predicted molar refractivity (Wildman–Crippen MR) is 102 cm³/mol. The summed E-state index contributed by atoms with van der Waals surface area (Å²) in [5.41, 5.74) is 0.683. The van der Waals surface area contributed by atoms with Crippen molar-refractivity contribution in [1.82, 2.24) is 4.31 Å². The zero-order chi connectivity index (χ0) is 19.6. The van der Waals surface area contributed by atoms with Crippen molar-refractivity contribution in [2.75, 3.05) is 38.2 Å². The molecule has 2 aromatic rings. The molecule has 0 saturated carbocycles. The molecule has 0 radical (unpaired) electrons. The first-order chi connectivity index (χ1) is 12.8. The highest BCUT2D eigenvalue weighted by Gasteiger charge is 2.30. The molecule has 0 aromatic heterocycles. The molecule has 9 heteroatoms. The van der Waals surface area contributed by atoms with Crippen molar-refractivity contribution in [1.29, 1.82) is 0 Å². The van der Waals surface area contributed by atoms with Crippen LogP contribution in [0.2, 0.25) is 5.02 Å². The number of piperazine rings is 1. The Morgan fingerprint density at radius 1 is 1.11 bits per heavy atom. The number of carbonyl (C=O) groups is 1. The summed E-state index contributed by atoms with van der Waals surface area (Å²) in [5.74, 6) is -0.532. The monoisotopic (exact) mass is 410 g/mol. The lowest BCUT2D eigenvalue weighted by atomic mass is 10.2. The topological polar surface area (TPSA) is 87.2 Å². The maximum atomic E-state index is 12.9. The fourth-order valence-corrected chi connectivity index (χ4v) is 4.69. The fourth-order valence-electron chi connectivity index (χ4n) is 3.04. The van der Waals surface area contributed by atoms with Crippen LogP contribution >= 0.6 is 11.6 Å². The molecule has 1 heterocycles. The van der Waals surface area contributed by atoms with Crippen LogP contribution in [0.4, 0.5) is 5.69 Å². The Kier molecular flexibility index (Phi) is 5.59. The molecule has 1 aliphatic rings. The SMILES string of the molecule is COc1ccccc1N1CCN(S(=O)(=O)c2ccc(Cl)c(C(=O)O)c2)CC1. The number of hydrogen-bond acceptors (Lipinski definition) is 5. The van der Waals surface area contributed by atoms with Crippen molar-refractivity contribution >= 4 is 33.3 Å². The highest BCUT2D eigenvalue weighted by atomic mass is 35.5. The minimum atomic E-state index is -3.80. The maximum absolute atomic E-state index is 12.9. The van der Waals surface area contributed by atoms with Crippen molar-refractivity contribution in [2.45, 2.75) is 4.90 Å². The van der Waals surface area contributed by atoms with Gasteiger partial charge in [-0.05, 0) is 30.3 Å². The Morgan fingerprint density at radius 3 is 2.41 bits per heavy atom. The molecular weight excluding hydrogens is 392 g/mol. The van der Waals surface area contributed by atoms with Gasteiger partial charge in [0.25, 0.3) is 0 Å². The van der Waals surface area contributed by atoms with E-state index in [-0.39, 0.29) is 28.6 Å². The molecule has 7 nitrogen and oxygen atoms in total. The minimum absolute atomic E-state index is 0.00226. The number of para-hydroxylation sites is 2. The number of halogens is 1. The van der Waals surface area contributed by atoms with Crippen LogP contribution in [0.5, 0.6) is 5.75 Å². The molecule has 0 atom stereocenters. The van der Waals surface area contributed by atoms with E-state index in [4.69, 9.17) is 21.4 Å². The van der Waals surface area contributed by atoms with E-state index in [0.29, 0.717) is 13.1 Å². The highest BCUT2D eigenvalue weighted by Crippen LogP contribution is 2.30. The van der Waals surface area contributed by atoms with E-state index in [9.17, 15) is 13.2 Å². The average Bonchev–Trinajstić information content (AvgIpc) is 2.68. The van der Waals surface area contributed by atoms with Gasteiger partial charge in [-0.2, -0.15) is 4.31 Å². The smallest absolute Gasteiger partial charge is 0.337 e. The number of methoxy groups -OCH3 is 1. The number of hydrogen-bond donors (Lipinski definition) is 1. The largest absolute Gasteiger partial charge is 0.495 e. The van der Waals surface area contributed by atoms with Gasteiger partial charge in [-0.1, -0.05) is 23.7 Å². The number of carboxylic acids is 1. The van der Waals surface area contributed by atoms with Gasteiger partial charge in [-0.3, -0.25) is 0 Å². The summed E-state index contributed by atoms with van der Waals surface area (Å²) < 4.78 is 32.5. The van der Waals surface area contributed by atoms with Gasteiger partial charge in [0.2, 0.25) is 10.0 Å². The summed E-state index contributed by atoms with van der Waals surface area (Å²) in [6.07, 6.45) is 0. The molecule has 27 heavy (non-hydrogen) atoms. The zero-order valence-electron chi connectivity index (χ0n) is 14.6. The normalized spacial score (nSPS) is 15.6. The second-order valence-electron chi connectivity index (χ2n) is 6.01. The number of ether oxygens (including phenoxy) is 1. The van der Waals surface area contributed by atoms with Gasteiger partial charge in [0.1, 0.15) is 5.75 Å². The molecule has 0 aliphatic carbocycles. The summed E-state index contributed by atoms with van der Waals surface area (Å²) in [6, 6.07) is 11.3. The number of aromatic carboxylic acids is 1. The molecule has 144 valence electrons. The van der Waals surface area contributed by atoms with Gasteiger partial charge >= 0.3 is 5.97 Å². The summed E-state index contributed by atoms with van der Waals surface area (Å²) >= 11 is 5.83. The second-order valence-corrected chi connectivity index (χ2v) is 8.35. The second kappa shape index (κ2) is 7.75. The Morgan fingerprint density at radius 2 is 1.78 bits per heavy atom. The quantitative estimate of drug-likeness (QED) is 0.815. The lowest BCUT2D eigenvalue weighted by Crippen LogP contribution is -2.48. The van der Waals surface area contributed by atoms with Crippen molar-refractivity contribution in [2.24, 2.45) is 0 Å². The summed E-state index contributed by atoms with van der Waals surface area (Å²) in [6.45, 7) is 1.56. The van der Waals surface area contributed by atoms with Crippen LogP contribution in [0, 0.1) is 0 Å². The first-order valence-corrected chi connectivity index (χ1v) is 10.1. The number of rotatable bonds is 5. The van der Waals surface area contributed by atoms with E-state index in [2.05, 4.69) is 4.90 Å². The number of nitrogens with zero attached hydrogens (tertiary/aromatic N) is 2. The first-order valence-electron chi connectivity index (χ1n) is 8.25. The van der Waals surface area contributed by atoms with E-state index in [1.54, 1.807) is 7.11 Å². The third-order valence-electron chi connectivity index (χ3n) is 4.47. The Bertz CT molecular complexity index is 956. The lowest BCUT2D eigenvalue weighted by molar-refractivity contribution is 0.0697. The van der Waals surface area contributed by atoms with E-state index in [1.807, 2.05) is 24.3 Å². The number of carboxylic acid groups (broad SMARTS) is 1. The standard InChI is InChI=1S/C18H19ClN2O5S/c1-26-17-5-3-2-4-16(17)20-8-10-21(11-9-20)27(24,25)13-6-7-15(19)14(12-13)18(22)23/h2-7,12H,8-11H2,1H3,(H,22,23). The maximum Gasteiger partial charge on any atom is 0.337 e. The van der Waals surface area contributed by atoms with Gasteiger partial charge < -0.3 is 14.7 Å². The average molecular weight is 411 g/mol. The molecular formula is C18H19ClN2O5S. The van der Waals surface area contributed by atoms with Gasteiger partial charge in [0.15, 0.2) is 0 Å². The predicted octanol–water partition coefficient (Wildman–Crippen LogP) is 2.56. The highest BCUT2D eigenvalue weighted by molar-refractivity contribution is 7.89. The number of anilines is 1. The van der Waals surface area contributed by atoms with E-state index >= 15 is 0 Å². The number of sulfonamides is 1. The molecule has 0 unspecified atom stereocenters. The van der Waals surface area contributed by atoms with Gasteiger partial charge in [-0.15, -0.1) is 0 Å². The summed E-state index contributed by atoms with van der Waals surface area (Å²) in [7, 11) is -2.21. The summed E-state index contributed by atoms with van der Waals surface area (Å²) in [5, 5.41) is 9.17. The van der Waals surface area contributed by atoms with E-state index in [1.165, 1.54) is 16.4 Å². The summed E-state index contributed by atoms with van der Waals surface area (Å²) in [4.78, 5) is 13.2. The fraction of sp³-hybridized carbons (Fsp3) is 0.278. The Labute approximate surface area is 162 Å². The van der Waals surface area contributed by atoms with Gasteiger partial charge in [0, 0.05) is 26.2 Å². The first kappa shape index (κ1) is 19.5. The van der Waals surface area contributed by atoms with Crippen LogP contribution in [0.1, 0.15) is 10.4 Å². The third-order valence-corrected chi connectivity index (χ3v) is 6.69. The van der Waals surface area contributed by atoms with Crippen LogP contribution in [0.25, 0.3) is 0 Å². The van der Waals surface area contributed by atoms with E-state index < -0.39 is 16.0 Å². The molecule has 0 bridgehead atoms.